The molecule has 26 heavy (non-hydrogen) atoms. The van der Waals surface area contributed by atoms with Crippen molar-refractivity contribution in [1.29, 1.82) is 0 Å². The zero-order chi connectivity index (χ0) is 18.9. The molecule has 1 aromatic carbocycles. The fourth-order valence-corrected chi connectivity index (χ4v) is 4.94. The number of carbonyl (C=O) groups excluding carboxylic acids is 1. The second kappa shape index (κ2) is 7.89. The number of aryl methyl sites for hydroxylation is 1. The Kier molecular flexibility index (Phi) is 5.97. The van der Waals surface area contributed by atoms with E-state index in [0.29, 0.717) is 5.13 Å². The molecule has 0 bridgehead atoms. The lowest BCUT2D eigenvalue weighted by Crippen LogP contribution is -2.16. The van der Waals surface area contributed by atoms with Crippen LogP contribution in [0.3, 0.4) is 0 Å². The molecule has 138 valence electrons. The number of benzene rings is 1. The van der Waals surface area contributed by atoms with E-state index in [-0.39, 0.29) is 27.6 Å². The Labute approximate surface area is 171 Å². The monoisotopic (exact) mass is 427 g/mol. The van der Waals surface area contributed by atoms with Gasteiger partial charge in [0, 0.05) is 5.75 Å². The van der Waals surface area contributed by atoms with E-state index in [1.54, 1.807) is 17.8 Å². The highest BCUT2D eigenvalue weighted by atomic mass is 35.5. The van der Waals surface area contributed by atoms with Crippen LogP contribution >= 0.6 is 46.3 Å². The Hall–Kier alpha value is -1.08. The van der Waals surface area contributed by atoms with Crippen LogP contribution < -0.4 is 5.32 Å². The molecule has 0 radical (unpaired) electrons. The van der Waals surface area contributed by atoms with E-state index in [1.807, 2.05) is 13.8 Å². The van der Waals surface area contributed by atoms with Crippen molar-refractivity contribution in [3.8, 4) is 0 Å². The number of amides is 1. The van der Waals surface area contributed by atoms with Gasteiger partial charge < -0.3 is 5.32 Å². The van der Waals surface area contributed by atoms with Crippen molar-refractivity contribution in [2.24, 2.45) is 17.3 Å². The molecule has 1 aliphatic carbocycles. The van der Waals surface area contributed by atoms with Gasteiger partial charge in [-0.2, -0.15) is 0 Å². The molecule has 1 aliphatic rings. The van der Waals surface area contributed by atoms with Crippen molar-refractivity contribution in [3.05, 3.63) is 46.0 Å². The maximum absolute atomic E-state index is 12.5. The number of thioether (sulfide) groups is 1. The van der Waals surface area contributed by atoms with Gasteiger partial charge in [-0.3, -0.25) is 4.79 Å². The van der Waals surface area contributed by atoms with E-state index in [2.05, 4.69) is 46.7 Å². The minimum absolute atomic E-state index is 0.0378. The number of aromatic nitrogens is 2. The van der Waals surface area contributed by atoms with Crippen LogP contribution in [0.25, 0.3) is 0 Å². The number of nitrogens with zero attached hydrogens (tertiary/aromatic N) is 2. The first-order chi connectivity index (χ1) is 12.3. The maximum Gasteiger partial charge on any atom is 0.230 e. The quantitative estimate of drug-likeness (QED) is 0.476. The van der Waals surface area contributed by atoms with E-state index in [4.69, 9.17) is 23.2 Å². The van der Waals surface area contributed by atoms with E-state index >= 15 is 0 Å². The Balaban J connectivity index is 1.56. The standard InChI is InChI=1S/C18H19Cl2N3OS2/c1-10-4-6-11(7-5-10)9-25-17-23-22-16(26-17)21-15(24)14-12(8-13(19)20)18(14,2)3/h4-8,12,14H,9H2,1-3H3,(H,21,22,24). The van der Waals surface area contributed by atoms with Crippen molar-refractivity contribution in [2.45, 2.75) is 30.9 Å². The van der Waals surface area contributed by atoms with Crippen LogP contribution in [0.15, 0.2) is 39.2 Å². The number of nitrogens with one attached hydrogen (secondary N) is 1. The third kappa shape index (κ3) is 4.60. The molecule has 2 aromatic rings. The first-order valence-electron chi connectivity index (χ1n) is 8.13. The van der Waals surface area contributed by atoms with Crippen molar-refractivity contribution in [2.75, 3.05) is 5.32 Å². The third-order valence-corrected chi connectivity index (χ3v) is 6.91. The first-order valence-corrected chi connectivity index (χ1v) is 10.7. The molecular formula is C18H19Cl2N3OS2. The Morgan fingerprint density at radius 2 is 2.00 bits per heavy atom. The summed E-state index contributed by atoms with van der Waals surface area (Å²) < 4.78 is 1.03. The highest BCUT2D eigenvalue weighted by Crippen LogP contribution is 2.60. The number of hydrogen-bond donors (Lipinski definition) is 1. The van der Waals surface area contributed by atoms with Crippen LogP contribution in [-0.2, 0) is 10.5 Å². The van der Waals surface area contributed by atoms with Crippen LogP contribution in [0.4, 0.5) is 5.13 Å². The minimum atomic E-state index is -0.164. The molecule has 1 saturated carbocycles. The van der Waals surface area contributed by atoms with Crippen LogP contribution in [-0.4, -0.2) is 16.1 Å². The molecule has 1 N–H and O–H groups in total. The number of carbonyl (C=O) groups is 1. The summed E-state index contributed by atoms with van der Waals surface area (Å²) in [5, 5.41) is 11.6. The normalized spacial score (nSPS) is 20.5. The van der Waals surface area contributed by atoms with Crippen molar-refractivity contribution >= 4 is 57.3 Å². The topological polar surface area (TPSA) is 54.9 Å². The number of anilines is 1. The predicted octanol–water partition coefficient (Wildman–Crippen LogP) is 5.67. The molecule has 4 nitrogen and oxygen atoms in total. The number of halogens is 2. The lowest BCUT2D eigenvalue weighted by Gasteiger charge is -2.02. The Bertz CT molecular complexity index is 829. The molecule has 0 aliphatic heterocycles. The molecule has 1 aromatic heterocycles. The number of rotatable bonds is 6. The molecule has 1 fully saturated rings. The first kappa shape index (κ1) is 19.7. The average molecular weight is 428 g/mol. The lowest BCUT2D eigenvalue weighted by molar-refractivity contribution is -0.118. The highest BCUT2D eigenvalue weighted by molar-refractivity contribution is 8.00. The SMILES string of the molecule is Cc1ccc(CSc2nnc(NC(=O)C3C(C=C(Cl)Cl)C3(C)C)s2)cc1. The van der Waals surface area contributed by atoms with Gasteiger partial charge in [-0.05, 0) is 29.9 Å². The van der Waals surface area contributed by atoms with E-state index in [9.17, 15) is 4.79 Å². The Morgan fingerprint density at radius 1 is 1.31 bits per heavy atom. The van der Waals surface area contributed by atoms with Crippen molar-refractivity contribution in [3.63, 3.8) is 0 Å². The van der Waals surface area contributed by atoms with E-state index in [1.165, 1.54) is 22.5 Å². The van der Waals surface area contributed by atoms with E-state index in [0.717, 1.165) is 10.1 Å². The number of allylic oxidation sites excluding steroid dienone is 1. The molecule has 0 saturated heterocycles. The summed E-state index contributed by atoms with van der Waals surface area (Å²) in [6.07, 6.45) is 1.73. The third-order valence-electron chi connectivity index (χ3n) is 4.62. The summed E-state index contributed by atoms with van der Waals surface area (Å²) in [4.78, 5) is 12.5. The predicted molar refractivity (Wildman–Crippen MR) is 110 cm³/mol. The molecular weight excluding hydrogens is 409 g/mol. The largest absolute Gasteiger partial charge is 0.300 e. The maximum atomic E-state index is 12.5. The van der Waals surface area contributed by atoms with Gasteiger partial charge in [-0.15, -0.1) is 10.2 Å². The summed E-state index contributed by atoms with van der Waals surface area (Å²) >= 11 is 14.5. The van der Waals surface area contributed by atoms with Gasteiger partial charge in [-0.25, -0.2) is 0 Å². The van der Waals surface area contributed by atoms with Gasteiger partial charge in [0.25, 0.3) is 0 Å². The fourth-order valence-electron chi connectivity index (χ4n) is 2.96. The summed E-state index contributed by atoms with van der Waals surface area (Å²) in [5.41, 5.74) is 2.31. The lowest BCUT2D eigenvalue weighted by atomic mass is 10.1. The highest BCUT2D eigenvalue weighted by Gasteiger charge is 2.60. The van der Waals surface area contributed by atoms with Crippen LogP contribution in [0.1, 0.15) is 25.0 Å². The molecule has 8 heteroatoms. The summed E-state index contributed by atoms with van der Waals surface area (Å²) in [7, 11) is 0. The van der Waals surface area contributed by atoms with Gasteiger partial charge in [0.2, 0.25) is 11.0 Å². The van der Waals surface area contributed by atoms with Crippen molar-refractivity contribution in [1.82, 2.24) is 10.2 Å². The van der Waals surface area contributed by atoms with E-state index < -0.39 is 0 Å². The molecule has 1 heterocycles. The summed E-state index contributed by atoms with van der Waals surface area (Å²) in [6, 6.07) is 8.40. The van der Waals surface area contributed by atoms with Crippen LogP contribution in [0.2, 0.25) is 0 Å². The number of hydrogen-bond acceptors (Lipinski definition) is 5. The zero-order valence-electron chi connectivity index (χ0n) is 14.6. The second-order valence-corrected chi connectivity index (χ2v) is 10.1. The van der Waals surface area contributed by atoms with Gasteiger partial charge >= 0.3 is 0 Å². The summed E-state index contributed by atoms with van der Waals surface area (Å²) in [6.45, 7) is 6.12. The molecule has 1 amide bonds. The van der Waals surface area contributed by atoms with Gasteiger partial charge in [-0.1, -0.05) is 90.0 Å². The second-order valence-electron chi connectivity index (χ2n) is 6.92. The average Bonchev–Trinajstić information content (AvgIpc) is 2.91. The van der Waals surface area contributed by atoms with Gasteiger partial charge in [0.15, 0.2) is 4.34 Å². The van der Waals surface area contributed by atoms with Gasteiger partial charge in [0.1, 0.15) is 4.49 Å². The minimum Gasteiger partial charge on any atom is -0.300 e. The molecule has 0 spiro atoms. The van der Waals surface area contributed by atoms with Crippen LogP contribution in [0.5, 0.6) is 0 Å². The zero-order valence-corrected chi connectivity index (χ0v) is 17.8. The van der Waals surface area contributed by atoms with Crippen molar-refractivity contribution < 1.29 is 4.79 Å². The van der Waals surface area contributed by atoms with Crippen LogP contribution in [0, 0.1) is 24.2 Å². The fraction of sp³-hybridized carbons (Fsp3) is 0.389. The molecule has 2 unspecified atom stereocenters. The smallest absolute Gasteiger partial charge is 0.230 e. The Morgan fingerprint density at radius 3 is 2.65 bits per heavy atom. The molecule has 2 atom stereocenters. The molecule has 3 rings (SSSR count). The van der Waals surface area contributed by atoms with Gasteiger partial charge in [0.05, 0.1) is 5.92 Å². The summed E-state index contributed by atoms with van der Waals surface area (Å²) in [5.74, 6) is 0.620.